The molecule has 7 heteroatoms. The van der Waals surface area contributed by atoms with Crippen molar-refractivity contribution in [2.24, 2.45) is 17.8 Å². The fourth-order valence-corrected chi connectivity index (χ4v) is 4.20. The van der Waals surface area contributed by atoms with E-state index in [2.05, 4.69) is 17.6 Å². The minimum atomic E-state index is -4.42. The topological polar surface area (TPSA) is 58.2 Å². The number of fused-ring (bicyclic) bond motifs is 1. The lowest BCUT2D eigenvalue weighted by atomic mass is 9.72. The summed E-state index contributed by atoms with van der Waals surface area (Å²) in [7, 11) is 0. The van der Waals surface area contributed by atoms with Gasteiger partial charge in [0.15, 0.2) is 0 Å². The molecule has 2 aliphatic rings. The number of nitrogens with one attached hydrogen (secondary N) is 2. The Labute approximate surface area is 156 Å². The van der Waals surface area contributed by atoms with Gasteiger partial charge in [-0.25, -0.2) is 0 Å². The monoisotopic (exact) mass is 382 g/mol. The Morgan fingerprint density at radius 2 is 1.89 bits per heavy atom. The summed E-state index contributed by atoms with van der Waals surface area (Å²) in [6.45, 7) is 2.54. The molecule has 1 aromatic rings. The first-order valence-electron chi connectivity index (χ1n) is 9.50. The number of hydrogen-bond donors (Lipinski definition) is 2. The van der Waals surface area contributed by atoms with E-state index in [0.717, 1.165) is 31.4 Å². The maximum Gasteiger partial charge on any atom is 0.416 e. The summed E-state index contributed by atoms with van der Waals surface area (Å²) < 4.78 is 37.7. The van der Waals surface area contributed by atoms with Gasteiger partial charge in [-0.15, -0.1) is 0 Å². The second-order valence-electron chi connectivity index (χ2n) is 7.85. The highest BCUT2D eigenvalue weighted by Crippen LogP contribution is 2.36. The zero-order chi connectivity index (χ0) is 19.6. The molecule has 1 aromatic carbocycles. The first kappa shape index (κ1) is 19.7. The van der Waals surface area contributed by atoms with Gasteiger partial charge in [-0.1, -0.05) is 13.3 Å². The van der Waals surface area contributed by atoms with Crippen LogP contribution in [0.15, 0.2) is 24.3 Å². The van der Waals surface area contributed by atoms with Gasteiger partial charge in [-0.3, -0.25) is 9.59 Å². The van der Waals surface area contributed by atoms with Crippen LogP contribution in [0.1, 0.15) is 54.9 Å². The summed E-state index contributed by atoms with van der Waals surface area (Å²) in [6, 6.07) is 4.40. The predicted octanol–water partition coefficient (Wildman–Crippen LogP) is 3.77. The Balaban J connectivity index is 1.48. The number of carbonyl (C=O) groups excluding carboxylic acids is 2. The predicted molar refractivity (Wildman–Crippen MR) is 94.9 cm³/mol. The summed E-state index contributed by atoms with van der Waals surface area (Å²) in [5.41, 5.74) is -0.605. The molecule has 0 aromatic heterocycles. The van der Waals surface area contributed by atoms with Crippen LogP contribution in [0, 0.1) is 17.8 Å². The third-order valence-corrected chi connectivity index (χ3v) is 5.79. The van der Waals surface area contributed by atoms with Crippen LogP contribution in [0.25, 0.3) is 0 Å². The van der Waals surface area contributed by atoms with Gasteiger partial charge in [0.1, 0.15) is 0 Å². The van der Waals surface area contributed by atoms with Crippen molar-refractivity contribution >= 4 is 11.8 Å². The van der Waals surface area contributed by atoms with Crippen molar-refractivity contribution in [3.8, 4) is 0 Å². The fourth-order valence-electron chi connectivity index (χ4n) is 4.20. The molecule has 4 nitrogen and oxygen atoms in total. The molecule has 1 aliphatic carbocycles. The number of benzene rings is 1. The third-order valence-electron chi connectivity index (χ3n) is 5.79. The second-order valence-corrected chi connectivity index (χ2v) is 7.85. The molecule has 0 bridgehead atoms. The van der Waals surface area contributed by atoms with Gasteiger partial charge in [0.2, 0.25) is 5.91 Å². The van der Waals surface area contributed by atoms with Gasteiger partial charge < -0.3 is 10.6 Å². The SMILES string of the molecule is CC1CCC2CC(CCNC(=O)c3ccc(C(F)(F)F)cc3)C(=O)NC2C1. The summed E-state index contributed by atoms with van der Waals surface area (Å²) >= 11 is 0. The number of alkyl halides is 3. The zero-order valence-electron chi connectivity index (χ0n) is 15.3. The smallest absolute Gasteiger partial charge is 0.353 e. The van der Waals surface area contributed by atoms with Crippen molar-refractivity contribution < 1.29 is 22.8 Å². The van der Waals surface area contributed by atoms with Crippen molar-refractivity contribution in [3.05, 3.63) is 35.4 Å². The lowest BCUT2D eigenvalue weighted by Gasteiger charge is -2.41. The van der Waals surface area contributed by atoms with Crippen LogP contribution in [-0.4, -0.2) is 24.4 Å². The number of piperidine rings is 1. The molecular formula is C20H25F3N2O2. The fraction of sp³-hybridized carbons (Fsp3) is 0.600. The maximum absolute atomic E-state index is 12.6. The van der Waals surface area contributed by atoms with E-state index in [0.29, 0.717) is 24.8 Å². The third kappa shape index (κ3) is 4.82. The van der Waals surface area contributed by atoms with Crippen molar-refractivity contribution in [2.45, 2.75) is 51.2 Å². The average Bonchev–Trinajstić information content (AvgIpc) is 2.61. The lowest BCUT2D eigenvalue weighted by molar-refractivity contribution is -0.137. The Hall–Kier alpha value is -2.05. The molecule has 3 rings (SSSR count). The molecular weight excluding hydrogens is 357 g/mol. The van der Waals surface area contributed by atoms with E-state index in [-0.39, 0.29) is 23.4 Å². The molecule has 0 radical (unpaired) electrons. The number of carbonyl (C=O) groups is 2. The van der Waals surface area contributed by atoms with Crippen molar-refractivity contribution in [3.63, 3.8) is 0 Å². The summed E-state index contributed by atoms with van der Waals surface area (Å²) in [5, 5.41) is 5.83. The number of hydrogen-bond acceptors (Lipinski definition) is 2. The first-order valence-corrected chi connectivity index (χ1v) is 9.50. The maximum atomic E-state index is 12.6. The van der Waals surface area contributed by atoms with Crippen LogP contribution in [0.3, 0.4) is 0 Å². The Kier molecular flexibility index (Phi) is 5.77. The molecule has 1 aliphatic heterocycles. The minimum absolute atomic E-state index is 0.0501. The normalized spacial score (nSPS) is 28.2. The molecule has 1 heterocycles. The van der Waals surface area contributed by atoms with Crippen LogP contribution in [-0.2, 0) is 11.0 Å². The Morgan fingerprint density at radius 1 is 1.19 bits per heavy atom. The molecule has 27 heavy (non-hydrogen) atoms. The summed E-state index contributed by atoms with van der Waals surface area (Å²) in [4.78, 5) is 24.4. The van der Waals surface area contributed by atoms with Crippen LogP contribution >= 0.6 is 0 Å². The number of halogens is 3. The molecule has 2 N–H and O–H groups in total. The summed E-state index contributed by atoms with van der Waals surface area (Å²) in [6.07, 6.45) is 0.317. The standard InChI is InChI=1S/C20H25F3N2O2/c1-12-2-3-14-11-15(19(27)25-17(14)10-12)8-9-24-18(26)13-4-6-16(7-5-13)20(21,22)23/h4-7,12,14-15,17H,2-3,8-11H2,1H3,(H,24,26)(H,25,27). The van der Waals surface area contributed by atoms with Crippen molar-refractivity contribution in [1.29, 1.82) is 0 Å². The minimum Gasteiger partial charge on any atom is -0.353 e. The van der Waals surface area contributed by atoms with Crippen LogP contribution in [0.4, 0.5) is 13.2 Å². The van der Waals surface area contributed by atoms with Crippen LogP contribution < -0.4 is 10.6 Å². The molecule has 4 atom stereocenters. The van der Waals surface area contributed by atoms with Crippen LogP contribution in [0.5, 0.6) is 0 Å². The highest BCUT2D eigenvalue weighted by atomic mass is 19.4. The van der Waals surface area contributed by atoms with E-state index in [1.54, 1.807) is 0 Å². The Bertz CT molecular complexity index is 687. The van der Waals surface area contributed by atoms with E-state index in [9.17, 15) is 22.8 Å². The van der Waals surface area contributed by atoms with E-state index in [1.165, 1.54) is 18.6 Å². The largest absolute Gasteiger partial charge is 0.416 e. The zero-order valence-corrected chi connectivity index (χ0v) is 15.3. The number of amides is 2. The molecule has 1 saturated heterocycles. The molecule has 1 saturated carbocycles. The van der Waals surface area contributed by atoms with E-state index in [1.807, 2.05) is 0 Å². The molecule has 0 spiro atoms. The van der Waals surface area contributed by atoms with Gasteiger partial charge in [-0.2, -0.15) is 13.2 Å². The summed E-state index contributed by atoms with van der Waals surface area (Å²) in [5.74, 6) is 0.659. The van der Waals surface area contributed by atoms with Gasteiger partial charge >= 0.3 is 6.18 Å². The number of rotatable bonds is 4. The van der Waals surface area contributed by atoms with Crippen molar-refractivity contribution in [1.82, 2.24) is 10.6 Å². The highest BCUT2D eigenvalue weighted by Gasteiger charge is 2.38. The molecule has 2 amide bonds. The molecule has 148 valence electrons. The first-order chi connectivity index (χ1) is 12.7. The van der Waals surface area contributed by atoms with E-state index in [4.69, 9.17) is 0 Å². The molecule has 4 unspecified atom stereocenters. The highest BCUT2D eigenvalue weighted by molar-refractivity contribution is 5.94. The lowest BCUT2D eigenvalue weighted by Crippen LogP contribution is -2.52. The molecule has 2 fully saturated rings. The van der Waals surface area contributed by atoms with Gasteiger partial charge in [0, 0.05) is 24.1 Å². The second kappa shape index (κ2) is 7.90. The van der Waals surface area contributed by atoms with Crippen molar-refractivity contribution in [2.75, 3.05) is 6.54 Å². The van der Waals surface area contributed by atoms with Gasteiger partial charge in [0.05, 0.1) is 5.56 Å². The van der Waals surface area contributed by atoms with Gasteiger partial charge in [-0.05, 0) is 61.8 Å². The Morgan fingerprint density at radius 3 is 2.56 bits per heavy atom. The van der Waals surface area contributed by atoms with Gasteiger partial charge in [0.25, 0.3) is 5.91 Å². The quantitative estimate of drug-likeness (QED) is 0.833. The average molecular weight is 382 g/mol. The van der Waals surface area contributed by atoms with E-state index < -0.39 is 17.6 Å². The van der Waals surface area contributed by atoms with Crippen LogP contribution in [0.2, 0.25) is 0 Å². The van der Waals surface area contributed by atoms with E-state index >= 15 is 0 Å².